The molecule has 38 heavy (non-hydrogen) atoms. The van der Waals surface area contributed by atoms with Crippen molar-refractivity contribution in [1.29, 1.82) is 0 Å². The number of hydrogen-bond donors (Lipinski definition) is 8. The summed E-state index contributed by atoms with van der Waals surface area (Å²) in [6.45, 7) is 3.86. The number of amides is 4. The van der Waals surface area contributed by atoms with E-state index in [1.54, 1.807) is 26.0 Å². The van der Waals surface area contributed by atoms with E-state index < -0.39 is 60.2 Å². The fourth-order valence-electron chi connectivity index (χ4n) is 3.64. The first-order valence-electron chi connectivity index (χ1n) is 12.5. The fourth-order valence-corrected chi connectivity index (χ4v) is 3.64. The lowest BCUT2D eigenvalue weighted by Crippen LogP contribution is -2.58. The minimum absolute atomic E-state index is 0.00759. The predicted molar refractivity (Wildman–Crippen MR) is 139 cm³/mol. The van der Waals surface area contributed by atoms with E-state index >= 15 is 0 Å². The van der Waals surface area contributed by atoms with Gasteiger partial charge in [-0.15, -0.1) is 0 Å². The van der Waals surface area contributed by atoms with Crippen LogP contribution < -0.4 is 33.2 Å². The van der Waals surface area contributed by atoms with Gasteiger partial charge in [-0.2, -0.15) is 0 Å². The van der Waals surface area contributed by atoms with Crippen LogP contribution in [0.25, 0.3) is 0 Å². The highest BCUT2D eigenvalue weighted by Crippen LogP contribution is 2.13. The summed E-state index contributed by atoms with van der Waals surface area (Å²) in [6, 6.07) is 1.18. The third kappa shape index (κ3) is 11.1. The molecule has 0 fully saturated rings. The molecular weight excluding hydrogens is 496 g/mol. The lowest BCUT2D eigenvalue weighted by atomic mass is 9.98. The molecule has 0 aliphatic carbocycles. The van der Waals surface area contributed by atoms with Crippen LogP contribution in [0.5, 0.6) is 5.75 Å². The van der Waals surface area contributed by atoms with Crippen LogP contribution in [0, 0.1) is 5.92 Å². The lowest BCUT2D eigenvalue weighted by Gasteiger charge is -2.26. The Hall–Kier alpha value is -3.71. The van der Waals surface area contributed by atoms with Gasteiger partial charge in [-0.3, -0.25) is 19.2 Å². The van der Waals surface area contributed by atoms with Gasteiger partial charge in [0.25, 0.3) is 0 Å². The summed E-state index contributed by atoms with van der Waals surface area (Å²) in [4.78, 5) is 61.8. The molecule has 1 aromatic carbocycles. The molecule has 0 aliphatic heterocycles. The van der Waals surface area contributed by atoms with Gasteiger partial charge >= 0.3 is 5.97 Å². The van der Waals surface area contributed by atoms with Gasteiger partial charge in [0, 0.05) is 6.42 Å². The van der Waals surface area contributed by atoms with Gasteiger partial charge in [0.05, 0.1) is 12.5 Å². The molecule has 0 aromatic heterocycles. The summed E-state index contributed by atoms with van der Waals surface area (Å²) >= 11 is 0. The van der Waals surface area contributed by atoms with Crippen LogP contribution in [0.4, 0.5) is 0 Å². The van der Waals surface area contributed by atoms with Crippen molar-refractivity contribution in [2.24, 2.45) is 23.1 Å². The molecule has 0 spiro atoms. The minimum Gasteiger partial charge on any atom is -0.508 e. The van der Waals surface area contributed by atoms with Crippen LogP contribution in [0.2, 0.25) is 0 Å². The van der Waals surface area contributed by atoms with E-state index in [-0.39, 0.29) is 24.5 Å². The van der Waals surface area contributed by atoms with Gasteiger partial charge in [-0.1, -0.05) is 32.4 Å². The van der Waals surface area contributed by atoms with Crippen molar-refractivity contribution >= 4 is 29.6 Å². The van der Waals surface area contributed by atoms with Gasteiger partial charge in [0.1, 0.15) is 23.9 Å². The maximum absolute atomic E-state index is 13.3. The zero-order valence-electron chi connectivity index (χ0n) is 21.8. The van der Waals surface area contributed by atoms with E-state index in [0.29, 0.717) is 31.4 Å². The standard InChI is InChI=1S/C25H40N6O7/c1-3-14(2)21(25(37)38)31-23(35)18(6-4-5-11-26)29-24(36)19(12-15-7-9-16(32)10-8-15)30-22(34)17(27)13-20(28)33/h7-10,14,17-19,21,32H,3-6,11-13,26-27H2,1-2H3,(H2,28,33)(H,29,36)(H,30,34)(H,31,35)(H,37,38). The van der Waals surface area contributed by atoms with Crippen LogP contribution in [0.3, 0.4) is 0 Å². The van der Waals surface area contributed by atoms with E-state index in [2.05, 4.69) is 16.0 Å². The average molecular weight is 537 g/mol. The summed E-state index contributed by atoms with van der Waals surface area (Å²) in [5.41, 5.74) is 17.0. The quantitative estimate of drug-likeness (QED) is 0.112. The number of nitrogens with two attached hydrogens (primary N) is 3. The van der Waals surface area contributed by atoms with E-state index in [1.165, 1.54) is 12.1 Å². The molecule has 1 rings (SSSR count). The highest BCUT2D eigenvalue weighted by Gasteiger charge is 2.32. The van der Waals surface area contributed by atoms with Crippen molar-refractivity contribution in [1.82, 2.24) is 16.0 Å². The Balaban J connectivity index is 3.17. The van der Waals surface area contributed by atoms with Gasteiger partial charge < -0.3 is 43.4 Å². The molecule has 4 amide bonds. The largest absolute Gasteiger partial charge is 0.508 e. The summed E-state index contributed by atoms with van der Waals surface area (Å²) in [6.07, 6.45) is 1.28. The maximum Gasteiger partial charge on any atom is 0.326 e. The smallest absolute Gasteiger partial charge is 0.326 e. The van der Waals surface area contributed by atoms with Crippen molar-refractivity contribution in [3.05, 3.63) is 29.8 Å². The molecule has 11 N–H and O–H groups in total. The first kappa shape index (κ1) is 32.3. The Morgan fingerprint density at radius 2 is 1.50 bits per heavy atom. The molecule has 212 valence electrons. The lowest BCUT2D eigenvalue weighted by molar-refractivity contribution is -0.144. The molecule has 0 saturated carbocycles. The van der Waals surface area contributed by atoms with Crippen molar-refractivity contribution in [3.8, 4) is 5.75 Å². The zero-order chi connectivity index (χ0) is 28.8. The van der Waals surface area contributed by atoms with Gasteiger partial charge in [-0.25, -0.2) is 4.79 Å². The SMILES string of the molecule is CCC(C)C(NC(=O)C(CCCCN)NC(=O)C(Cc1ccc(O)cc1)NC(=O)C(N)CC(N)=O)C(=O)O. The number of carboxylic acids is 1. The molecule has 13 heteroatoms. The third-order valence-electron chi connectivity index (χ3n) is 6.12. The average Bonchev–Trinajstić information content (AvgIpc) is 2.86. The van der Waals surface area contributed by atoms with Crippen molar-refractivity contribution in [3.63, 3.8) is 0 Å². The molecule has 1 aromatic rings. The van der Waals surface area contributed by atoms with E-state index in [4.69, 9.17) is 17.2 Å². The Labute approximate surface area is 221 Å². The van der Waals surface area contributed by atoms with Crippen LogP contribution in [0.15, 0.2) is 24.3 Å². The second-order valence-electron chi connectivity index (χ2n) is 9.26. The number of nitrogens with one attached hydrogen (secondary N) is 3. The highest BCUT2D eigenvalue weighted by molar-refractivity contribution is 5.95. The minimum atomic E-state index is -1.29. The fraction of sp³-hybridized carbons (Fsp3) is 0.560. The Bertz CT molecular complexity index is 956. The number of rotatable bonds is 17. The number of aromatic hydroxyl groups is 1. The molecular formula is C25H40N6O7. The number of aliphatic carboxylic acids is 1. The number of carboxylic acid groups (broad SMARTS) is 1. The summed E-state index contributed by atoms with van der Waals surface area (Å²) in [5, 5.41) is 26.7. The normalized spacial score (nSPS) is 14.8. The Morgan fingerprint density at radius 1 is 0.921 bits per heavy atom. The Kier molecular flexibility index (Phi) is 13.8. The molecule has 0 aliphatic rings. The van der Waals surface area contributed by atoms with Gasteiger partial charge in [0.15, 0.2) is 0 Å². The number of phenols is 1. The predicted octanol–water partition coefficient (Wildman–Crippen LogP) is -1.15. The van der Waals surface area contributed by atoms with Crippen molar-refractivity contribution in [2.75, 3.05) is 6.54 Å². The molecule has 5 unspecified atom stereocenters. The van der Waals surface area contributed by atoms with Crippen LogP contribution in [-0.4, -0.2) is 70.5 Å². The zero-order valence-corrected chi connectivity index (χ0v) is 21.8. The number of carbonyl (C=O) groups is 5. The van der Waals surface area contributed by atoms with Gasteiger partial charge in [-0.05, 0) is 49.4 Å². The molecule has 5 atom stereocenters. The first-order valence-corrected chi connectivity index (χ1v) is 12.5. The van der Waals surface area contributed by atoms with E-state index in [0.717, 1.165) is 0 Å². The number of hydrogen-bond acceptors (Lipinski definition) is 8. The summed E-state index contributed by atoms with van der Waals surface area (Å²) in [5.74, 6) is -4.53. The summed E-state index contributed by atoms with van der Waals surface area (Å²) in [7, 11) is 0. The molecule has 0 heterocycles. The number of unbranched alkanes of at least 4 members (excludes halogenated alkanes) is 1. The van der Waals surface area contributed by atoms with Gasteiger partial charge in [0.2, 0.25) is 23.6 Å². The molecule has 13 nitrogen and oxygen atoms in total. The van der Waals surface area contributed by atoms with Crippen LogP contribution in [-0.2, 0) is 30.4 Å². The third-order valence-corrected chi connectivity index (χ3v) is 6.12. The van der Waals surface area contributed by atoms with Crippen molar-refractivity contribution < 1.29 is 34.2 Å². The molecule has 0 radical (unpaired) electrons. The van der Waals surface area contributed by atoms with Crippen molar-refractivity contribution in [2.45, 2.75) is 76.5 Å². The van der Waals surface area contributed by atoms with Crippen LogP contribution in [0.1, 0.15) is 51.5 Å². The number of benzene rings is 1. The first-order chi connectivity index (χ1) is 17.9. The topological polar surface area (TPSA) is 240 Å². The monoisotopic (exact) mass is 536 g/mol. The second kappa shape index (κ2) is 16.2. The highest BCUT2D eigenvalue weighted by atomic mass is 16.4. The number of carbonyl (C=O) groups excluding carboxylic acids is 4. The molecule has 0 saturated heterocycles. The molecule has 0 bridgehead atoms. The maximum atomic E-state index is 13.3. The second-order valence-corrected chi connectivity index (χ2v) is 9.26. The van der Waals surface area contributed by atoms with Crippen LogP contribution >= 0.6 is 0 Å². The number of phenolic OH excluding ortho intramolecular Hbond substituents is 1. The number of primary amides is 1. The Morgan fingerprint density at radius 3 is 2.03 bits per heavy atom. The van der Waals surface area contributed by atoms with E-state index in [9.17, 15) is 34.2 Å². The van der Waals surface area contributed by atoms with E-state index in [1.807, 2.05) is 0 Å². The summed E-state index contributed by atoms with van der Waals surface area (Å²) < 4.78 is 0.